The Morgan fingerprint density at radius 2 is 1.81 bits per heavy atom. The van der Waals surface area contributed by atoms with Crippen LogP contribution in [0.25, 0.3) is 0 Å². The van der Waals surface area contributed by atoms with Gasteiger partial charge in [0.2, 0.25) is 11.9 Å². The van der Waals surface area contributed by atoms with Crippen LogP contribution in [0.5, 0.6) is 0 Å². The zero-order valence-corrected chi connectivity index (χ0v) is 18.8. The predicted molar refractivity (Wildman–Crippen MR) is 120 cm³/mol. The average Bonchev–Trinajstić information content (AvgIpc) is 2.81. The molecule has 170 valence electrons. The first-order valence-corrected chi connectivity index (χ1v) is 11.4. The Morgan fingerprint density at radius 3 is 2.50 bits per heavy atom. The molecule has 1 aromatic carbocycles. The second-order valence-electron chi connectivity index (χ2n) is 8.45. The maximum atomic E-state index is 13.2. The predicted octanol–water partition coefficient (Wildman–Crippen LogP) is 3.71. The summed E-state index contributed by atoms with van der Waals surface area (Å²) in [6, 6.07) is 5.82. The average molecular weight is 460 g/mol. The van der Waals surface area contributed by atoms with Gasteiger partial charge in [0.15, 0.2) is 0 Å². The SMILES string of the molecule is CC(=O)N1CCC(Nc2ncc(Cl)c(C3CCCN(C(=O)c4ccc(F)cc4)C3)n2)CC1. The number of nitrogens with zero attached hydrogens (tertiary/aromatic N) is 4. The van der Waals surface area contributed by atoms with E-state index in [1.165, 1.54) is 24.3 Å². The van der Waals surface area contributed by atoms with E-state index < -0.39 is 0 Å². The van der Waals surface area contributed by atoms with Crippen molar-refractivity contribution in [3.8, 4) is 0 Å². The molecule has 0 spiro atoms. The van der Waals surface area contributed by atoms with Crippen molar-refractivity contribution >= 4 is 29.4 Å². The second-order valence-corrected chi connectivity index (χ2v) is 8.86. The van der Waals surface area contributed by atoms with Gasteiger partial charge < -0.3 is 15.1 Å². The summed E-state index contributed by atoms with van der Waals surface area (Å²) in [5, 5.41) is 3.87. The van der Waals surface area contributed by atoms with Crippen LogP contribution >= 0.6 is 11.6 Å². The van der Waals surface area contributed by atoms with E-state index in [4.69, 9.17) is 16.6 Å². The number of hydrogen-bond donors (Lipinski definition) is 1. The van der Waals surface area contributed by atoms with Crippen molar-refractivity contribution in [2.24, 2.45) is 0 Å². The number of carbonyl (C=O) groups excluding carboxylic acids is 2. The van der Waals surface area contributed by atoms with Crippen LogP contribution in [0.4, 0.5) is 10.3 Å². The van der Waals surface area contributed by atoms with Gasteiger partial charge >= 0.3 is 0 Å². The Morgan fingerprint density at radius 1 is 1.09 bits per heavy atom. The molecule has 1 atom stereocenters. The molecule has 0 aliphatic carbocycles. The molecule has 3 heterocycles. The number of piperidine rings is 2. The summed E-state index contributed by atoms with van der Waals surface area (Å²) in [4.78, 5) is 37.1. The van der Waals surface area contributed by atoms with Gasteiger partial charge in [-0.05, 0) is 49.9 Å². The molecule has 7 nitrogen and oxygen atoms in total. The normalized spacial score (nSPS) is 19.7. The molecule has 0 bridgehead atoms. The number of anilines is 1. The first-order chi connectivity index (χ1) is 15.4. The fourth-order valence-corrected chi connectivity index (χ4v) is 4.66. The number of benzene rings is 1. The largest absolute Gasteiger partial charge is 0.351 e. The highest BCUT2D eigenvalue weighted by Gasteiger charge is 2.29. The standard InChI is InChI=1S/C23H27ClFN5O2/c1-15(31)29-11-8-19(9-12-29)27-23-26-13-20(24)21(28-23)17-3-2-10-30(14-17)22(32)16-4-6-18(25)7-5-16/h4-7,13,17,19H,2-3,8-12,14H2,1H3,(H,26,27,28). The summed E-state index contributed by atoms with van der Waals surface area (Å²) in [6.45, 7) is 4.18. The molecule has 0 radical (unpaired) electrons. The van der Waals surface area contributed by atoms with Crippen molar-refractivity contribution in [1.82, 2.24) is 19.8 Å². The third-order valence-electron chi connectivity index (χ3n) is 6.23. The summed E-state index contributed by atoms with van der Waals surface area (Å²) in [5.41, 5.74) is 1.21. The summed E-state index contributed by atoms with van der Waals surface area (Å²) < 4.78 is 13.2. The van der Waals surface area contributed by atoms with Gasteiger partial charge in [0.25, 0.3) is 5.91 Å². The fraction of sp³-hybridized carbons (Fsp3) is 0.478. The molecule has 2 aliphatic rings. The minimum Gasteiger partial charge on any atom is -0.351 e. The Hall–Kier alpha value is -2.74. The Balaban J connectivity index is 1.43. The van der Waals surface area contributed by atoms with Crippen LogP contribution < -0.4 is 5.32 Å². The topological polar surface area (TPSA) is 78.4 Å². The Labute approximate surface area is 192 Å². The van der Waals surface area contributed by atoms with Crippen LogP contribution in [-0.2, 0) is 4.79 Å². The number of hydrogen-bond acceptors (Lipinski definition) is 5. The van der Waals surface area contributed by atoms with Gasteiger partial charge in [-0.1, -0.05) is 11.6 Å². The van der Waals surface area contributed by atoms with Gasteiger partial charge in [-0.25, -0.2) is 14.4 Å². The van der Waals surface area contributed by atoms with Gasteiger partial charge in [-0.2, -0.15) is 0 Å². The quantitative estimate of drug-likeness (QED) is 0.754. The summed E-state index contributed by atoms with van der Waals surface area (Å²) in [6.07, 6.45) is 5.00. The third kappa shape index (κ3) is 5.18. The fourth-order valence-electron chi connectivity index (χ4n) is 4.42. The van der Waals surface area contributed by atoms with Crippen LogP contribution in [0.1, 0.15) is 54.6 Å². The lowest BCUT2D eigenvalue weighted by Gasteiger charge is -2.33. The molecule has 32 heavy (non-hydrogen) atoms. The zero-order chi connectivity index (χ0) is 22.7. The van der Waals surface area contributed by atoms with Crippen LogP contribution in [0, 0.1) is 5.82 Å². The van der Waals surface area contributed by atoms with Gasteiger partial charge in [0, 0.05) is 50.6 Å². The first-order valence-electron chi connectivity index (χ1n) is 11.0. The molecule has 1 N–H and O–H groups in total. The van der Waals surface area contributed by atoms with Crippen molar-refractivity contribution < 1.29 is 14.0 Å². The Bertz CT molecular complexity index is 979. The lowest BCUT2D eigenvalue weighted by atomic mass is 9.94. The molecular formula is C23H27ClFN5O2. The molecule has 9 heteroatoms. The van der Waals surface area contributed by atoms with Crippen molar-refractivity contribution in [3.05, 3.63) is 52.6 Å². The molecule has 4 rings (SSSR count). The highest BCUT2D eigenvalue weighted by atomic mass is 35.5. The van der Waals surface area contributed by atoms with E-state index in [2.05, 4.69) is 10.3 Å². The van der Waals surface area contributed by atoms with Gasteiger partial charge in [0.1, 0.15) is 5.82 Å². The lowest BCUT2D eigenvalue weighted by Crippen LogP contribution is -2.41. The van der Waals surface area contributed by atoms with E-state index in [9.17, 15) is 14.0 Å². The van der Waals surface area contributed by atoms with E-state index in [0.29, 0.717) is 29.6 Å². The van der Waals surface area contributed by atoms with Gasteiger partial charge in [0.05, 0.1) is 16.9 Å². The van der Waals surface area contributed by atoms with Crippen molar-refractivity contribution in [1.29, 1.82) is 0 Å². The highest BCUT2D eigenvalue weighted by molar-refractivity contribution is 6.31. The maximum Gasteiger partial charge on any atom is 0.253 e. The summed E-state index contributed by atoms with van der Waals surface area (Å²) in [5.74, 6) is 0.148. The van der Waals surface area contributed by atoms with E-state index in [0.717, 1.165) is 44.5 Å². The molecule has 2 fully saturated rings. The molecule has 1 unspecified atom stereocenters. The van der Waals surface area contributed by atoms with Gasteiger partial charge in [-0.15, -0.1) is 0 Å². The van der Waals surface area contributed by atoms with Gasteiger partial charge in [-0.3, -0.25) is 9.59 Å². The molecule has 2 aromatic rings. The Kier molecular flexibility index (Phi) is 6.89. The number of amides is 2. The first kappa shape index (κ1) is 22.5. The number of likely N-dealkylation sites (tertiary alicyclic amines) is 2. The summed E-state index contributed by atoms with van der Waals surface area (Å²) in [7, 11) is 0. The van der Waals surface area contributed by atoms with Crippen molar-refractivity contribution in [2.75, 3.05) is 31.5 Å². The summed E-state index contributed by atoms with van der Waals surface area (Å²) >= 11 is 6.45. The molecule has 2 amide bonds. The minimum absolute atomic E-state index is 0.00348. The smallest absolute Gasteiger partial charge is 0.253 e. The van der Waals surface area contributed by atoms with Crippen LogP contribution in [0.15, 0.2) is 30.5 Å². The highest BCUT2D eigenvalue weighted by Crippen LogP contribution is 2.31. The molecule has 2 aliphatic heterocycles. The number of aromatic nitrogens is 2. The molecule has 1 aromatic heterocycles. The monoisotopic (exact) mass is 459 g/mol. The minimum atomic E-state index is -0.363. The van der Waals surface area contributed by atoms with Crippen molar-refractivity contribution in [3.63, 3.8) is 0 Å². The van der Waals surface area contributed by atoms with Crippen LogP contribution in [0.2, 0.25) is 5.02 Å². The van der Waals surface area contributed by atoms with E-state index in [1.54, 1.807) is 18.0 Å². The maximum absolute atomic E-state index is 13.2. The zero-order valence-electron chi connectivity index (χ0n) is 18.1. The van der Waals surface area contributed by atoms with E-state index in [1.807, 2.05) is 4.90 Å². The number of carbonyl (C=O) groups is 2. The van der Waals surface area contributed by atoms with Crippen molar-refractivity contribution in [2.45, 2.75) is 44.6 Å². The van der Waals surface area contributed by atoms with Crippen LogP contribution in [0.3, 0.4) is 0 Å². The van der Waals surface area contributed by atoms with Crippen LogP contribution in [-0.4, -0.2) is 63.8 Å². The third-order valence-corrected chi connectivity index (χ3v) is 6.52. The number of rotatable bonds is 4. The molecule has 0 saturated carbocycles. The second kappa shape index (κ2) is 9.81. The van der Waals surface area contributed by atoms with E-state index >= 15 is 0 Å². The molecule has 2 saturated heterocycles. The number of halogens is 2. The van der Waals surface area contributed by atoms with E-state index in [-0.39, 0.29) is 29.6 Å². The lowest BCUT2D eigenvalue weighted by molar-refractivity contribution is -0.129. The molecular weight excluding hydrogens is 433 g/mol. The number of nitrogens with one attached hydrogen (secondary N) is 1.